The summed E-state index contributed by atoms with van der Waals surface area (Å²) in [6.45, 7) is 0.664. The minimum atomic E-state index is -0.531. The molecule has 0 bridgehead atoms. The van der Waals surface area contributed by atoms with Gasteiger partial charge in [0.1, 0.15) is 0 Å². The SMILES string of the molecule is NC[C@H](O)CNc1ccccc1Cl. The number of aliphatic hydroxyl groups excluding tert-OH is 1. The molecule has 0 aliphatic rings. The van der Waals surface area contributed by atoms with E-state index in [1.807, 2.05) is 18.2 Å². The lowest BCUT2D eigenvalue weighted by atomic mass is 10.3. The van der Waals surface area contributed by atoms with E-state index in [2.05, 4.69) is 5.32 Å². The third kappa shape index (κ3) is 3.22. The van der Waals surface area contributed by atoms with Crippen LogP contribution in [0.25, 0.3) is 0 Å². The summed E-state index contributed by atoms with van der Waals surface area (Å²) in [5.74, 6) is 0. The molecule has 4 heteroatoms. The summed E-state index contributed by atoms with van der Waals surface area (Å²) in [5.41, 5.74) is 6.07. The maximum Gasteiger partial charge on any atom is 0.0834 e. The summed E-state index contributed by atoms with van der Waals surface area (Å²) in [5, 5.41) is 12.8. The van der Waals surface area contributed by atoms with Crippen molar-refractivity contribution in [3.63, 3.8) is 0 Å². The molecule has 0 heterocycles. The zero-order chi connectivity index (χ0) is 9.68. The third-order valence-electron chi connectivity index (χ3n) is 1.67. The van der Waals surface area contributed by atoms with Crippen LogP contribution in [-0.4, -0.2) is 24.3 Å². The van der Waals surface area contributed by atoms with Crippen molar-refractivity contribution < 1.29 is 5.11 Å². The summed E-state index contributed by atoms with van der Waals surface area (Å²) in [6, 6.07) is 7.38. The minimum absolute atomic E-state index is 0.247. The number of halogens is 1. The van der Waals surface area contributed by atoms with Gasteiger partial charge >= 0.3 is 0 Å². The van der Waals surface area contributed by atoms with Crippen molar-refractivity contribution in [2.45, 2.75) is 6.10 Å². The van der Waals surface area contributed by atoms with Gasteiger partial charge in [0, 0.05) is 13.1 Å². The number of anilines is 1. The van der Waals surface area contributed by atoms with Crippen molar-refractivity contribution in [3.05, 3.63) is 29.3 Å². The Morgan fingerprint density at radius 2 is 2.15 bits per heavy atom. The van der Waals surface area contributed by atoms with Gasteiger partial charge in [-0.3, -0.25) is 0 Å². The molecular weight excluding hydrogens is 188 g/mol. The fourth-order valence-electron chi connectivity index (χ4n) is 0.916. The first-order chi connectivity index (χ1) is 6.24. The molecule has 1 atom stereocenters. The lowest BCUT2D eigenvalue weighted by Crippen LogP contribution is -2.27. The maximum atomic E-state index is 9.18. The quantitative estimate of drug-likeness (QED) is 0.682. The standard InChI is InChI=1S/C9H13ClN2O/c10-8-3-1-2-4-9(8)12-6-7(13)5-11/h1-4,7,12-13H,5-6,11H2/t7-/m0/s1. The average molecular weight is 201 g/mol. The summed E-state index contributed by atoms with van der Waals surface area (Å²) >= 11 is 5.88. The van der Waals surface area contributed by atoms with Gasteiger partial charge in [-0.1, -0.05) is 23.7 Å². The van der Waals surface area contributed by atoms with Gasteiger partial charge in [0.2, 0.25) is 0 Å². The Morgan fingerprint density at radius 1 is 1.46 bits per heavy atom. The largest absolute Gasteiger partial charge is 0.390 e. The molecule has 0 saturated heterocycles. The van der Waals surface area contributed by atoms with Crippen LogP contribution in [0.1, 0.15) is 0 Å². The fourth-order valence-corrected chi connectivity index (χ4v) is 1.12. The topological polar surface area (TPSA) is 58.3 Å². The molecule has 1 aromatic carbocycles. The van der Waals surface area contributed by atoms with Crippen LogP contribution in [0.3, 0.4) is 0 Å². The van der Waals surface area contributed by atoms with Gasteiger partial charge < -0.3 is 16.2 Å². The second-order valence-corrected chi connectivity index (χ2v) is 3.16. The number of rotatable bonds is 4. The molecule has 0 unspecified atom stereocenters. The normalized spacial score (nSPS) is 12.5. The van der Waals surface area contributed by atoms with E-state index in [0.29, 0.717) is 11.6 Å². The molecule has 1 rings (SSSR count). The third-order valence-corrected chi connectivity index (χ3v) is 2.00. The molecule has 72 valence electrons. The van der Waals surface area contributed by atoms with Gasteiger partial charge in [-0.25, -0.2) is 0 Å². The Balaban J connectivity index is 2.50. The zero-order valence-electron chi connectivity index (χ0n) is 7.20. The highest BCUT2D eigenvalue weighted by Gasteiger charge is 2.02. The van der Waals surface area contributed by atoms with E-state index in [1.165, 1.54) is 0 Å². The van der Waals surface area contributed by atoms with Crippen LogP contribution in [0.15, 0.2) is 24.3 Å². The van der Waals surface area contributed by atoms with E-state index >= 15 is 0 Å². The number of hydrogen-bond donors (Lipinski definition) is 3. The second kappa shape index (κ2) is 5.07. The first-order valence-corrected chi connectivity index (χ1v) is 4.48. The monoisotopic (exact) mass is 200 g/mol. The predicted octanol–water partition coefficient (Wildman–Crippen LogP) is 1.07. The molecule has 0 spiro atoms. The zero-order valence-corrected chi connectivity index (χ0v) is 7.96. The molecule has 0 aliphatic heterocycles. The Morgan fingerprint density at radius 3 is 2.77 bits per heavy atom. The number of nitrogens with two attached hydrogens (primary N) is 1. The van der Waals surface area contributed by atoms with Gasteiger partial charge in [0.15, 0.2) is 0 Å². The van der Waals surface area contributed by atoms with Gasteiger partial charge in [-0.2, -0.15) is 0 Å². The van der Waals surface area contributed by atoms with Crippen LogP contribution in [0.4, 0.5) is 5.69 Å². The summed E-state index contributed by atoms with van der Waals surface area (Å²) in [4.78, 5) is 0. The number of nitrogens with one attached hydrogen (secondary N) is 1. The molecule has 0 saturated carbocycles. The fraction of sp³-hybridized carbons (Fsp3) is 0.333. The molecular formula is C9H13ClN2O. The van der Waals surface area contributed by atoms with E-state index in [-0.39, 0.29) is 6.54 Å². The van der Waals surface area contributed by atoms with Crippen LogP contribution in [0, 0.1) is 0 Å². The van der Waals surface area contributed by atoms with Crippen molar-refractivity contribution >= 4 is 17.3 Å². The predicted molar refractivity (Wildman–Crippen MR) is 55.0 cm³/mol. The average Bonchev–Trinajstić information content (AvgIpc) is 2.16. The van der Waals surface area contributed by atoms with Crippen LogP contribution in [0.5, 0.6) is 0 Å². The molecule has 0 amide bonds. The first-order valence-electron chi connectivity index (χ1n) is 4.10. The van der Waals surface area contributed by atoms with Gasteiger partial charge in [0.25, 0.3) is 0 Å². The van der Waals surface area contributed by atoms with Crippen LogP contribution in [-0.2, 0) is 0 Å². The molecule has 0 fully saturated rings. The van der Waals surface area contributed by atoms with E-state index in [0.717, 1.165) is 5.69 Å². The number of hydrogen-bond acceptors (Lipinski definition) is 3. The van der Waals surface area contributed by atoms with Crippen molar-refractivity contribution in [3.8, 4) is 0 Å². The van der Waals surface area contributed by atoms with Gasteiger partial charge in [-0.15, -0.1) is 0 Å². The smallest absolute Gasteiger partial charge is 0.0834 e. The Kier molecular flexibility index (Phi) is 4.02. The van der Waals surface area contributed by atoms with E-state index in [9.17, 15) is 5.11 Å². The molecule has 0 radical (unpaired) electrons. The highest BCUT2D eigenvalue weighted by molar-refractivity contribution is 6.33. The van der Waals surface area contributed by atoms with E-state index in [1.54, 1.807) is 6.07 Å². The molecule has 1 aromatic rings. The molecule has 3 nitrogen and oxygen atoms in total. The summed E-state index contributed by atoms with van der Waals surface area (Å²) in [7, 11) is 0. The van der Waals surface area contributed by atoms with Crippen molar-refractivity contribution in [2.24, 2.45) is 5.73 Å². The maximum absolute atomic E-state index is 9.18. The van der Waals surface area contributed by atoms with E-state index < -0.39 is 6.10 Å². The van der Waals surface area contributed by atoms with E-state index in [4.69, 9.17) is 17.3 Å². The van der Waals surface area contributed by atoms with Crippen molar-refractivity contribution in [2.75, 3.05) is 18.4 Å². The lowest BCUT2D eigenvalue weighted by molar-refractivity contribution is 0.196. The van der Waals surface area contributed by atoms with Gasteiger partial charge in [-0.05, 0) is 12.1 Å². The van der Waals surface area contributed by atoms with Crippen molar-refractivity contribution in [1.82, 2.24) is 0 Å². The second-order valence-electron chi connectivity index (χ2n) is 2.75. The molecule has 4 N–H and O–H groups in total. The first kappa shape index (κ1) is 10.3. The van der Waals surface area contributed by atoms with Crippen LogP contribution < -0.4 is 11.1 Å². The number of benzene rings is 1. The summed E-state index contributed by atoms with van der Waals surface area (Å²) < 4.78 is 0. The molecule has 0 aromatic heterocycles. The van der Waals surface area contributed by atoms with Crippen LogP contribution >= 0.6 is 11.6 Å². The molecule has 0 aliphatic carbocycles. The summed E-state index contributed by atoms with van der Waals surface area (Å²) in [6.07, 6.45) is -0.531. The Labute approximate surface area is 82.5 Å². The lowest BCUT2D eigenvalue weighted by Gasteiger charge is -2.11. The highest BCUT2D eigenvalue weighted by atomic mass is 35.5. The highest BCUT2D eigenvalue weighted by Crippen LogP contribution is 2.19. The Hall–Kier alpha value is -0.770. The van der Waals surface area contributed by atoms with Gasteiger partial charge in [0.05, 0.1) is 16.8 Å². The molecule has 13 heavy (non-hydrogen) atoms. The minimum Gasteiger partial charge on any atom is -0.390 e. The number of para-hydroxylation sites is 1. The van der Waals surface area contributed by atoms with Crippen LogP contribution in [0.2, 0.25) is 5.02 Å². The number of aliphatic hydroxyl groups is 1. The van der Waals surface area contributed by atoms with Crippen molar-refractivity contribution in [1.29, 1.82) is 0 Å². The Bertz CT molecular complexity index is 268.